The average Bonchev–Trinajstić information content (AvgIpc) is 2.49. The lowest BCUT2D eigenvalue weighted by atomic mass is 10.1. The van der Waals surface area contributed by atoms with E-state index >= 15 is 0 Å². The highest BCUT2D eigenvalue weighted by molar-refractivity contribution is 5.26. The van der Waals surface area contributed by atoms with E-state index < -0.39 is 0 Å². The van der Waals surface area contributed by atoms with Gasteiger partial charge in [0.2, 0.25) is 0 Å². The van der Waals surface area contributed by atoms with Gasteiger partial charge in [0.25, 0.3) is 0 Å². The Bertz CT molecular complexity index is 295. The molecule has 0 saturated carbocycles. The van der Waals surface area contributed by atoms with Gasteiger partial charge in [-0.2, -0.15) is 5.10 Å². The molecule has 1 aromatic heterocycles. The molecule has 0 aromatic carbocycles. The summed E-state index contributed by atoms with van der Waals surface area (Å²) in [6.07, 6.45) is 1.03. The first-order valence-corrected chi connectivity index (χ1v) is 4.55. The number of nitrogens with zero attached hydrogens (tertiary/aromatic N) is 2. The van der Waals surface area contributed by atoms with Crippen LogP contribution in [0.4, 0.5) is 0 Å². The van der Waals surface area contributed by atoms with E-state index in [2.05, 4.69) is 22.0 Å². The van der Waals surface area contributed by atoms with Crippen molar-refractivity contribution in [2.24, 2.45) is 0 Å². The topological polar surface area (TPSA) is 41.1 Å². The number of aromatic nitrogens is 2. The predicted molar refractivity (Wildman–Crippen MR) is 49.3 cm³/mol. The highest BCUT2D eigenvalue weighted by Crippen LogP contribution is 2.18. The Labute approximate surface area is 77.9 Å². The summed E-state index contributed by atoms with van der Waals surface area (Å²) in [5, 5.41) is 7.28. The molecular formula is C9H15N3O. The number of nitrogens with one attached hydrogen (secondary N) is 1. The Balaban J connectivity index is 2.13. The first-order valence-electron chi connectivity index (χ1n) is 4.55. The van der Waals surface area contributed by atoms with E-state index in [4.69, 9.17) is 4.74 Å². The maximum Gasteiger partial charge on any atom is 0.0989 e. The van der Waals surface area contributed by atoms with Crippen molar-refractivity contribution in [1.29, 1.82) is 0 Å². The van der Waals surface area contributed by atoms with Crippen molar-refractivity contribution < 1.29 is 4.74 Å². The van der Waals surface area contributed by atoms with Crippen LogP contribution in [0.1, 0.15) is 17.0 Å². The monoisotopic (exact) mass is 181 g/mol. The fourth-order valence-corrected chi connectivity index (χ4v) is 1.78. The largest absolute Gasteiger partial charge is 0.369 e. The van der Waals surface area contributed by atoms with Crippen LogP contribution < -0.4 is 0 Å². The van der Waals surface area contributed by atoms with E-state index in [1.165, 1.54) is 17.0 Å². The maximum absolute atomic E-state index is 5.11. The van der Waals surface area contributed by atoms with Gasteiger partial charge in [-0.05, 0) is 6.92 Å². The Morgan fingerprint density at radius 1 is 1.62 bits per heavy atom. The van der Waals surface area contributed by atoms with Crippen LogP contribution in [0.15, 0.2) is 0 Å². The predicted octanol–water partition coefficient (Wildman–Crippen LogP) is 0.680. The molecule has 13 heavy (non-hydrogen) atoms. The number of aryl methyl sites for hydroxylation is 1. The lowest BCUT2D eigenvalue weighted by Crippen LogP contribution is -2.32. The van der Waals surface area contributed by atoms with E-state index in [0.717, 1.165) is 19.5 Å². The van der Waals surface area contributed by atoms with Gasteiger partial charge in [0.15, 0.2) is 0 Å². The Hall–Kier alpha value is -0.870. The van der Waals surface area contributed by atoms with Gasteiger partial charge in [0, 0.05) is 37.9 Å². The summed E-state index contributed by atoms with van der Waals surface area (Å²) in [6.45, 7) is 4.79. The van der Waals surface area contributed by atoms with E-state index in [-0.39, 0.29) is 0 Å². The van der Waals surface area contributed by atoms with Crippen molar-refractivity contribution in [2.75, 3.05) is 20.4 Å². The molecule has 0 unspecified atom stereocenters. The van der Waals surface area contributed by atoms with Crippen molar-refractivity contribution in [1.82, 2.24) is 15.1 Å². The zero-order chi connectivity index (χ0) is 9.26. The third kappa shape index (κ3) is 1.59. The zero-order valence-corrected chi connectivity index (χ0v) is 8.13. The van der Waals surface area contributed by atoms with E-state index in [1.54, 1.807) is 7.11 Å². The van der Waals surface area contributed by atoms with Crippen LogP contribution in [-0.4, -0.2) is 35.5 Å². The molecule has 0 spiro atoms. The Morgan fingerprint density at radius 3 is 3.23 bits per heavy atom. The molecule has 0 radical (unpaired) electrons. The van der Waals surface area contributed by atoms with Gasteiger partial charge < -0.3 is 4.74 Å². The molecule has 1 aliphatic heterocycles. The minimum Gasteiger partial charge on any atom is -0.369 e. The standard InChI is InChI=1S/C9H15N3O/c1-7-8-5-12(6-13-2)4-3-9(8)11-10-7/h3-6H2,1-2H3,(H,10,11). The SMILES string of the molecule is COCN1CCc2n[nH]c(C)c2C1. The fourth-order valence-electron chi connectivity index (χ4n) is 1.78. The third-order valence-electron chi connectivity index (χ3n) is 2.52. The normalized spacial score (nSPS) is 17.4. The van der Waals surface area contributed by atoms with Gasteiger partial charge in [0.05, 0.1) is 12.4 Å². The minimum atomic E-state index is 0.712. The van der Waals surface area contributed by atoms with Crippen molar-refractivity contribution in [2.45, 2.75) is 19.9 Å². The van der Waals surface area contributed by atoms with Gasteiger partial charge in [-0.15, -0.1) is 0 Å². The van der Waals surface area contributed by atoms with E-state index in [0.29, 0.717) is 6.73 Å². The lowest BCUT2D eigenvalue weighted by Gasteiger charge is -2.25. The van der Waals surface area contributed by atoms with Crippen LogP contribution in [0.5, 0.6) is 0 Å². The molecule has 0 atom stereocenters. The van der Waals surface area contributed by atoms with Crippen LogP contribution in [0.2, 0.25) is 0 Å². The van der Waals surface area contributed by atoms with Gasteiger partial charge in [-0.25, -0.2) is 0 Å². The van der Waals surface area contributed by atoms with E-state index in [1.807, 2.05) is 0 Å². The van der Waals surface area contributed by atoms with Gasteiger partial charge >= 0.3 is 0 Å². The molecule has 4 nitrogen and oxygen atoms in total. The molecule has 1 aromatic rings. The number of hydrogen-bond donors (Lipinski definition) is 1. The van der Waals surface area contributed by atoms with Crippen LogP contribution in [0, 0.1) is 6.92 Å². The second kappa shape index (κ2) is 3.47. The van der Waals surface area contributed by atoms with Crippen LogP contribution in [-0.2, 0) is 17.7 Å². The van der Waals surface area contributed by atoms with E-state index in [9.17, 15) is 0 Å². The molecule has 0 bridgehead atoms. The van der Waals surface area contributed by atoms with Crippen molar-refractivity contribution >= 4 is 0 Å². The number of methoxy groups -OCH3 is 1. The van der Waals surface area contributed by atoms with Crippen molar-refractivity contribution in [3.8, 4) is 0 Å². The smallest absolute Gasteiger partial charge is 0.0989 e. The first kappa shape index (κ1) is 8.72. The molecule has 0 fully saturated rings. The van der Waals surface area contributed by atoms with Gasteiger partial charge in [0.1, 0.15) is 0 Å². The molecule has 1 N–H and O–H groups in total. The number of H-pyrrole nitrogens is 1. The summed E-state index contributed by atoms with van der Waals surface area (Å²) >= 11 is 0. The summed E-state index contributed by atoms with van der Waals surface area (Å²) < 4.78 is 5.11. The number of rotatable bonds is 2. The summed E-state index contributed by atoms with van der Waals surface area (Å²) in [5.41, 5.74) is 3.77. The maximum atomic E-state index is 5.11. The second-order valence-electron chi connectivity index (χ2n) is 3.49. The molecule has 1 aliphatic rings. The molecule has 2 rings (SSSR count). The third-order valence-corrected chi connectivity index (χ3v) is 2.52. The van der Waals surface area contributed by atoms with Crippen LogP contribution in [0.3, 0.4) is 0 Å². The van der Waals surface area contributed by atoms with Crippen molar-refractivity contribution in [3.05, 3.63) is 17.0 Å². The summed E-state index contributed by atoms with van der Waals surface area (Å²) in [5.74, 6) is 0. The average molecular weight is 181 g/mol. The Morgan fingerprint density at radius 2 is 2.46 bits per heavy atom. The fraction of sp³-hybridized carbons (Fsp3) is 0.667. The number of ether oxygens (including phenoxy) is 1. The van der Waals surface area contributed by atoms with Crippen LogP contribution in [0.25, 0.3) is 0 Å². The van der Waals surface area contributed by atoms with Gasteiger partial charge in [-0.3, -0.25) is 10.00 Å². The summed E-state index contributed by atoms with van der Waals surface area (Å²) in [6, 6.07) is 0. The quantitative estimate of drug-likeness (QED) is 0.729. The molecule has 4 heteroatoms. The summed E-state index contributed by atoms with van der Waals surface area (Å²) in [4.78, 5) is 2.28. The molecule has 0 saturated heterocycles. The highest BCUT2D eigenvalue weighted by Gasteiger charge is 2.19. The molecule has 72 valence electrons. The minimum absolute atomic E-state index is 0.712. The highest BCUT2D eigenvalue weighted by atomic mass is 16.5. The van der Waals surface area contributed by atoms with Crippen LogP contribution >= 0.6 is 0 Å². The zero-order valence-electron chi connectivity index (χ0n) is 8.13. The number of fused-ring (bicyclic) bond motifs is 1. The van der Waals surface area contributed by atoms with Crippen molar-refractivity contribution in [3.63, 3.8) is 0 Å². The molecular weight excluding hydrogens is 166 g/mol. The lowest BCUT2D eigenvalue weighted by molar-refractivity contribution is 0.0541. The number of aromatic amines is 1. The van der Waals surface area contributed by atoms with Gasteiger partial charge in [-0.1, -0.05) is 0 Å². The molecule has 0 aliphatic carbocycles. The Kier molecular flexibility index (Phi) is 2.33. The molecule has 2 heterocycles. The summed E-state index contributed by atoms with van der Waals surface area (Å²) in [7, 11) is 1.73. The molecule has 0 amide bonds. The second-order valence-corrected chi connectivity index (χ2v) is 3.49. The first-order chi connectivity index (χ1) is 6.31. The number of hydrogen-bond acceptors (Lipinski definition) is 3.